The molecule has 0 aliphatic carbocycles. The van der Waals surface area contributed by atoms with E-state index in [0.717, 1.165) is 16.6 Å². The summed E-state index contributed by atoms with van der Waals surface area (Å²) in [6.07, 6.45) is 1.22. The molecule has 3 heteroatoms. The maximum absolute atomic E-state index is 12.3. The first-order valence-electron chi connectivity index (χ1n) is 9.16. The highest BCUT2D eigenvalue weighted by molar-refractivity contribution is 9.10. The Balaban J connectivity index is 1.95. The van der Waals surface area contributed by atoms with E-state index in [9.17, 15) is 4.79 Å². The van der Waals surface area contributed by atoms with Crippen LogP contribution < -0.4 is 5.32 Å². The number of carbonyl (C=O) groups excluding carboxylic acids is 1. The van der Waals surface area contributed by atoms with Crippen LogP contribution in [0.15, 0.2) is 46.9 Å². The van der Waals surface area contributed by atoms with Crippen LogP contribution in [-0.4, -0.2) is 5.91 Å². The zero-order valence-corrected chi connectivity index (χ0v) is 18.3. The van der Waals surface area contributed by atoms with E-state index in [0.29, 0.717) is 6.42 Å². The number of nitrogens with one attached hydrogen (secondary N) is 1. The molecular weight excluding hydrogens is 386 g/mol. The normalized spacial score (nSPS) is 12.1. The van der Waals surface area contributed by atoms with Crippen LogP contribution in [0.4, 0.5) is 5.69 Å². The van der Waals surface area contributed by atoms with E-state index < -0.39 is 0 Å². The van der Waals surface area contributed by atoms with E-state index in [1.807, 2.05) is 6.07 Å². The number of amides is 1. The molecule has 140 valence electrons. The Labute approximate surface area is 166 Å². The van der Waals surface area contributed by atoms with Gasteiger partial charge in [-0.25, -0.2) is 0 Å². The molecule has 0 aromatic heterocycles. The van der Waals surface area contributed by atoms with E-state index in [1.54, 1.807) is 0 Å². The SMILES string of the molecule is CC(C)(C)c1ccc(CCC(=O)Nc2ccc(C(C)(C)C)cc2Br)cc1. The Hall–Kier alpha value is -1.61. The predicted octanol–water partition coefficient (Wildman–Crippen LogP) is 6.62. The van der Waals surface area contributed by atoms with Crippen molar-refractivity contribution in [1.29, 1.82) is 0 Å². The van der Waals surface area contributed by atoms with Crippen LogP contribution in [0.1, 0.15) is 64.7 Å². The standard InChI is InChI=1S/C23H30BrNO/c1-22(2,3)17-10-7-16(8-11-17)9-14-21(26)25-20-13-12-18(15-19(20)24)23(4,5)6/h7-8,10-13,15H,9,14H2,1-6H3,(H,25,26). The first kappa shape index (κ1) is 20.7. The molecule has 1 N–H and O–H groups in total. The van der Waals surface area contributed by atoms with E-state index >= 15 is 0 Å². The Morgan fingerprint density at radius 2 is 1.42 bits per heavy atom. The Bertz CT molecular complexity index is 764. The van der Waals surface area contributed by atoms with Crippen molar-refractivity contribution >= 4 is 27.5 Å². The van der Waals surface area contributed by atoms with E-state index in [1.165, 1.54) is 16.7 Å². The van der Waals surface area contributed by atoms with Gasteiger partial charge in [0.1, 0.15) is 0 Å². The maximum Gasteiger partial charge on any atom is 0.224 e. The van der Waals surface area contributed by atoms with Gasteiger partial charge in [-0.3, -0.25) is 4.79 Å². The Kier molecular flexibility index (Phi) is 6.33. The first-order chi connectivity index (χ1) is 12.0. The fourth-order valence-corrected chi connectivity index (χ4v) is 3.20. The summed E-state index contributed by atoms with van der Waals surface area (Å²) >= 11 is 3.58. The van der Waals surface area contributed by atoms with Gasteiger partial charge in [-0.15, -0.1) is 0 Å². The molecule has 2 aromatic carbocycles. The summed E-state index contributed by atoms with van der Waals surface area (Å²) in [6, 6.07) is 14.7. The van der Waals surface area contributed by atoms with Crippen molar-refractivity contribution in [3.63, 3.8) is 0 Å². The van der Waals surface area contributed by atoms with Crippen LogP contribution >= 0.6 is 15.9 Å². The topological polar surface area (TPSA) is 29.1 Å². The molecule has 0 saturated carbocycles. The molecule has 2 nitrogen and oxygen atoms in total. The van der Waals surface area contributed by atoms with Gasteiger partial charge in [-0.2, -0.15) is 0 Å². The van der Waals surface area contributed by atoms with E-state index in [4.69, 9.17) is 0 Å². The molecule has 0 bridgehead atoms. The average molecular weight is 416 g/mol. The van der Waals surface area contributed by atoms with Gasteiger partial charge in [-0.1, -0.05) is 71.9 Å². The lowest BCUT2D eigenvalue weighted by Crippen LogP contribution is -2.15. The Morgan fingerprint density at radius 3 is 1.92 bits per heavy atom. The van der Waals surface area contributed by atoms with Crippen molar-refractivity contribution in [3.05, 3.63) is 63.6 Å². The second kappa shape index (κ2) is 7.96. The van der Waals surface area contributed by atoms with Gasteiger partial charge in [0.2, 0.25) is 5.91 Å². The minimum Gasteiger partial charge on any atom is -0.325 e. The van der Waals surface area contributed by atoms with E-state index in [2.05, 4.69) is 99.2 Å². The molecule has 0 aliphatic heterocycles. The van der Waals surface area contributed by atoms with Gasteiger partial charge in [0.15, 0.2) is 0 Å². The summed E-state index contributed by atoms with van der Waals surface area (Å²) in [5.74, 6) is 0.0362. The maximum atomic E-state index is 12.3. The molecule has 0 aliphatic rings. The second-order valence-electron chi connectivity index (χ2n) is 8.94. The molecule has 2 aromatic rings. The highest BCUT2D eigenvalue weighted by atomic mass is 79.9. The van der Waals surface area contributed by atoms with Gasteiger partial charge in [0.25, 0.3) is 0 Å². The smallest absolute Gasteiger partial charge is 0.224 e. The number of benzene rings is 2. The van der Waals surface area contributed by atoms with Crippen LogP contribution in [0, 0.1) is 0 Å². The predicted molar refractivity (Wildman–Crippen MR) is 115 cm³/mol. The monoisotopic (exact) mass is 415 g/mol. The molecule has 26 heavy (non-hydrogen) atoms. The summed E-state index contributed by atoms with van der Waals surface area (Å²) in [4.78, 5) is 12.3. The molecule has 0 fully saturated rings. The van der Waals surface area contributed by atoms with Crippen LogP contribution in [0.3, 0.4) is 0 Å². The third-order valence-electron chi connectivity index (χ3n) is 4.57. The molecule has 0 spiro atoms. The largest absolute Gasteiger partial charge is 0.325 e. The molecule has 0 radical (unpaired) electrons. The number of halogens is 1. The molecule has 2 rings (SSSR count). The molecule has 1 amide bonds. The zero-order chi connectivity index (χ0) is 19.5. The van der Waals surface area contributed by atoms with Crippen molar-refractivity contribution in [3.8, 4) is 0 Å². The fraction of sp³-hybridized carbons (Fsp3) is 0.435. The summed E-state index contributed by atoms with van der Waals surface area (Å²) in [6.45, 7) is 13.2. The number of hydrogen-bond acceptors (Lipinski definition) is 1. The van der Waals surface area contributed by atoms with Gasteiger partial charge >= 0.3 is 0 Å². The van der Waals surface area contributed by atoms with Gasteiger partial charge in [0.05, 0.1) is 5.69 Å². The zero-order valence-electron chi connectivity index (χ0n) is 16.7. The molecule has 0 unspecified atom stereocenters. The van der Waals surface area contributed by atoms with Crippen molar-refractivity contribution in [2.75, 3.05) is 5.32 Å². The third-order valence-corrected chi connectivity index (χ3v) is 5.23. The quantitative estimate of drug-likeness (QED) is 0.597. The lowest BCUT2D eigenvalue weighted by molar-refractivity contribution is -0.116. The molecule has 0 heterocycles. The number of anilines is 1. The number of hydrogen-bond donors (Lipinski definition) is 1. The fourth-order valence-electron chi connectivity index (χ4n) is 2.72. The minimum atomic E-state index is 0.0362. The number of aryl methyl sites for hydroxylation is 1. The molecular formula is C23H30BrNO. The van der Waals surface area contributed by atoms with Crippen LogP contribution in [0.5, 0.6) is 0 Å². The second-order valence-corrected chi connectivity index (χ2v) is 9.79. The lowest BCUT2D eigenvalue weighted by Gasteiger charge is -2.20. The van der Waals surface area contributed by atoms with Gasteiger partial charge in [0, 0.05) is 10.9 Å². The summed E-state index contributed by atoms with van der Waals surface area (Å²) < 4.78 is 0.924. The van der Waals surface area contributed by atoms with Crippen molar-refractivity contribution < 1.29 is 4.79 Å². The van der Waals surface area contributed by atoms with Crippen molar-refractivity contribution in [1.82, 2.24) is 0 Å². The highest BCUT2D eigenvalue weighted by Gasteiger charge is 2.16. The lowest BCUT2D eigenvalue weighted by atomic mass is 9.86. The molecule has 0 atom stereocenters. The van der Waals surface area contributed by atoms with Crippen molar-refractivity contribution in [2.24, 2.45) is 0 Å². The van der Waals surface area contributed by atoms with Crippen LogP contribution in [-0.2, 0) is 22.0 Å². The number of carbonyl (C=O) groups is 1. The van der Waals surface area contributed by atoms with Crippen LogP contribution in [0.2, 0.25) is 0 Å². The first-order valence-corrected chi connectivity index (χ1v) is 9.95. The third kappa shape index (κ3) is 5.70. The van der Waals surface area contributed by atoms with Crippen LogP contribution in [0.25, 0.3) is 0 Å². The van der Waals surface area contributed by atoms with E-state index in [-0.39, 0.29) is 16.7 Å². The minimum absolute atomic E-state index is 0.0362. The van der Waals surface area contributed by atoms with Crippen molar-refractivity contribution in [2.45, 2.75) is 65.2 Å². The highest BCUT2D eigenvalue weighted by Crippen LogP contribution is 2.30. The molecule has 0 saturated heterocycles. The number of rotatable bonds is 4. The Morgan fingerprint density at radius 1 is 0.885 bits per heavy atom. The van der Waals surface area contributed by atoms with Gasteiger partial charge in [-0.05, 0) is 62.0 Å². The van der Waals surface area contributed by atoms with Gasteiger partial charge < -0.3 is 5.32 Å². The summed E-state index contributed by atoms with van der Waals surface area (Å²) in [5.41, 5.74) is 4.81. The summed E-state index contributed by atoms with van der Waals surface area (Å²) in [5, 5.41) is 3.01. The average Bonchev–Trinajstić information content (AvgIpc) is 2.53. The summed E-state index contributed by atoms with van der Waals surface area (Å²) in [7, 11) is 0.